The van der Waals surface area contributed by atoms with Crippen LogP contribution in [0.1, 0.15) is 13.3 Å². The summed E-state index contributed by atoms with van der Waals surface area (Å²) in [5.41, 5.74) is -0.0837. The van der Waals surface area contributed by atoms with Gasteiger partial charge in [0.05, 0.1) is 22.9 Å². The Morgan fingerprint density at radius 1 is 1.63 bits per heavy atom. The lowest BCUT2D eigenvalue weighted by molar-refractivity contribution is -0.385. The predicted octanol–water partition coefficient (Wildman–Crippen LogP) is 2.14. The summed E-state index contributed by atoms with van der Waals surface area (Å²) < 4.78 is 5.10. The predicted molar refractivity (Wildman–Crippen MR) is 73.1 cm³/mol. The molecular weight excluding hydrogens is 318 g/mol. The van der Waals surface area contributed by atoms with Crippen LogP contribution in [-0.4, -0.2) is 36.1 Å². The molecule has 104 valence electrons. The Kier molecular flexibility index (Phi) is 5.68. The van der Waals surface area contributed by atoms with Gasteiger partial charge in [0.2, 0.25) is 0 Å². The number of hydrogen-bond donors (Lipinski definition) is 0. The normalized spacial score (nSPS) is 10.1. The summed E-state index contributed by atoms with van der Waals surface area (Å²) >= 11 is 3.26. The Morgan fingerprint density at radius 2 is 2.32 bits per heavy atom. The van der Waals surface area contributed by atoms with Gasteiger partial charge in [0.25, 0.3) is 5.69 Å². The summed E-state index contributed by atoms with van der Waals surface area (Å²) in [5, 5.41) is 10.6. The van der Waals surface area contributed by atoms with Crippen LogP contribution in [0.15, 0.2) is 16.7 Å². The van der Waals surface area contributed by atoms with Gasteiger partial charge in [-0.25, -0.2) is 4.98 Å². The van der Waals surface area contributed by atoms with Gasteiger partial charge in [-0.15, -0.1) is 0 Å². The number of hydrogen-bond acceptors (Lipinski definition) is 6. The van der Waals surface area contributed by atoms with Crippen LogP contribution in [0.3, 0.4) is 0 Å². The molecule has 19 heavy (non-hydrogen) atoms. The fraction of sp³-hybridized carbons (Fsp3) is 0.455. The lowest BCUT2D eigenvalue weighted by Crippen LogP contribution is -2.27. The van der Waals surface area contributed by atoms with Crippen LogP contribution in [0.4, 0.5) is 11.5 Å². The maximum absolute atomic E-state index is 11.1. The molecule has 7 nitrogen and oxygen atoms in total. The molecule has 0 aliphatic rings. The maximum atomic E-state index is 11.1. The lowest BCUT2D eigenvalue weighted by Gasteiger charge is -2.22. The maximum Gasteiger partial charge on any atom is 0.307 e. The highest BCUT2D eigenvalue weighted by atomic mass is 79.9. The van der Waals surface area contributed by atoms with Gasteiger partial charge in [-0.2, -0.15) is 0 Å². The zero-order valence-electron chi connectivity index (χ0n) is 10.6. The van der Waals surface area contributed by atoms with Gasteiger partial charge in [-0.1, -0.05) is 0 Å². The van der Waals surface area contributed by atoms with Gasteiger partial charge in [0, 0.05) is 19.2 Å². The quantitative estimate of drug-likeness (QED) is 0.451. The molecule has 0 aliphatic heterocycles. The number of carbonyl (C=O) groups excluding carboxylic acids is 1. The van der Waals surface area contributed by atoms with E-state index >= 15 is 0 Å². The zero-order chi connectivity index (χ0) is 14.4. The number of pyridine rings is 1. The van der Waals surface area contributed by atoms with E-state index in [4.69, 9.17) is 0 Å². The molecule has 0 atom stereocenters. The number of methoxy groups -OCH3 is 1. The minimum absolute atomic E-state index is 0.0837. The first-order valence-corrected chi connectivity index (χ1v) is 6.40. The number of aromatic nitrogens is 1. The molecule has 0 bridgehead atoms. The number of anilines is 1. The van der Waals surface area contributed by atoms with E-state index in [1.165, 1.54) is 19.4 Å². The minimum atomic E-state index is -0.508. The summed E-state index contributed by atoms with van der Waals surface area (Å²) in [7, 11) is 1.33. The second-order valence-corrected chi connectivity index (χ2v) is 4.52. The lowest BCUT2D eigenvalue weighted by atomic mass is 10.3. The third kappa shape index (κ3) is 4.16. The average molecular weight is 332 g/mol. The molecule has 0 saturated carbocycles. The average Bonchev–Trinajstić information content (AvgIpc) is 2.40. The molecule has 0 radical (unpaired) electrons. The monoisotopic (exact) mass is 331 g/mol. The summed E-state index contributed by atoms with van der Waals surface area (Å²) in [4.78, 5) is 27.1. The molecule has 8 heteroatoms. The molecule has 0 N–H and O–H groups in total. The van der Waals surface area contributed by atoms with E-state index in [-0.39, 0.29) is 18.1 Å². The first-order valence-electron chi connectivity index (χ1n) is 5.61. The standard InChI is InChI=1S/C11H14BrN3O4/c1-3-14(5-4-10(16)19-2)11-9(12)6-8(7-13-11)15(17)18/h6-7H,3-5H2,1-2H3. The number of halogens is 1. The van der Waals surface area contributed by atoms with Crippen molar-refractivity contribution in [2.24, 2.45) is 0 Å². The summed E-state index contributed by atoms with van der Waals surface area (Å²) in [6.07, 6.45) is 1.43. The molecule has 0 fully saturated rings. The van der Waals surface area contributed by atoms with Crippen LogP contribution in [0, 0.1) is 10.1 Å². The molecule has 0 saturated heterocycles. The van der Waals surface area contributed by atoms with Crippen molar-refractivity contribution in [1.29, 1.82) is 0 Å². The number of ether oxygens (including phenoxy) is 1. The van der Waals surface area contributed by atoms with Crippen LogP contribution in [0.5, 0.6) is 0 Å². The van der Waals surface area contributed by atoms with Crippen molar-refractivity contribution in [3.05, 3.63) is 26.9 Å². The van der Waals surface area contributed by atoms with E-state index in [0.29, 0.717) is 23.4 Å². The van der Waals surface area contributed by atoms with Crippen molar-refractivity contribution >= 4 is 33.4 Å². The number of nitro groups is 1. The summed E-state index contributed by atoms with van der Waals surface area (Å²) in [6.45, 7) is 2.97. The van der Waals surface area contributed by atoms with Gasteiger partial charge >= 0.3 is 5.97 Å². The van der Waals surface area contributed by atoms with Crippen molar-refractivity contribution in [2.45, 2.75) is 13.3 Å². The number of carbonyl (C=O) groups is 1. The highest BCUT2D eigenvalue weighted by Gasteiger charge is 2.15. The molecular formula is C11H14BrN3O4. The van der Waals surface area contributed by atoms with Crippen molar-refractivity contribution in [3.63, 3.8) is 0 Å². The van der Waals surface area contributed by atoms with Crippen LogP contribution in [0.25, 0.3) is 0 Å². The van der Waals surface area contributed by atoms with Crippen molar-refractivity contribution in [1.82, 2.24) is 4.98 Å². The fourth-order valence-electron chi connectivity index (χ4n) is 1.50. The molecule has 1 heterocycles. The molecule has 1 rings (SSSR count). The molecule has 0 aromatic carbocycles. The zero-order valence-corrected chi connectivity index (χ0v) is 12.2. The van der Waals surface area contributed by atoms with Crippen molar-refractivity contribution in [2.75, 3.05) is 25.1 Å². The Hall–Kier alpha value is -1.70. The smallest absolute Gasteiger partial charge is 0.307 e. The van der Waals surface area contributed by atoms with Gasteiger partial charge in [0.15, 0.2) is 0 Å². The van der Waals surface area contributed by atoms with Gasteiger partial charge in [0.1, 0.15) is 12.0 Å². The van der Waals surface area contributed by atoms with Gasteiger partial charge in [-0.05, 0) is 22.9 Å². The molecule has 1 aromatic rings. The molecule has 1 aromatic heterocycles. The Balaban J connectivity index is 2.86. The second-order valence-electron chi connectivity index (χ2n) is 3.66. The highest BCUT2D eigenvalue weighted by molar-refractivity contribution is 9.10. The number of rotatable bonds is 6. The van der Waals surface area contributed by atoms with E-state index < -0.39 is 4.92 Å². The van der Waals surface area contributed by atoms with Crippen LogP contribution >= 0.6 is 15.9 Å². The number of esters is 1. The fourth-order valence-corrected chi connectivity index (χ4v) is 2.08. The molecule has 0 amide bonds. The molecule has 0 spiro atoms. The Bertz CT molecular complexity index is 481. The first-order chi connectivity index (χ1) is 8.99. The molecule has 0 aliphatic carbocycles. The van der Waals surface area contributed by atoms with Crippen LogP contribution in [0.2, 0.25) is 0 Å². The highest BCUT2D eigenvalue weighted by Crippen LogP contribution is 2.27. The van der Waals surface area contributed by atoms with Crippen LogP contribution in [-0.2, 0) is 9.53 Å². The van der Waals surface area contributed by atoms with Gasteiger partial charge < -0.3 is 9.64 Å². The minimum Gasteiger partial charge on any atom is -0.469 e. The van der Waals surface area contributed by atoms with E-state index in [9.17, 15) is 14.9 Å². The first kappa shape index (κ1) is 15.4. The van der Waals surface area contributed by atoms with Crippen LogP contribution < -0.4 is 4.90 Å². The van der Waals surface area contributed by atoms with E-state index in [1.54, 1.807) is 0 Å². The largest absolute Gasteiger partial charge is 0.469 e. The third-order valence-electron chi connectivity index (χ3n) is 2.51. The Morgan fingerprint density at radius 3 is 2.79 bits per heavy atom. The van der Waals surface area contributed by atoms with Crippen molar-refractivity contribution < 1.29 is 14.5 Å². The van der Waals surface area contributed by atoms with Crippen molar-refractivity contribution in [3.8, 4) is 0 Å². The summed E-state index contributed by atoms with van der Waals surface area (Å²) in [6, 6.07) is 1.39. The second kappa shape index (κ2) is 7.03. The molecule has 0 unspecified atom stereocenters. The number of nitrogens with zero attached hydrogens (tertiary/aromatic N) is 3. The third-order valence-corrected chi connectivity index (χ3v) is 3.10. The Labute approximate surface area is 118 Å². The topological polar surface area (TPSA) is 85.6 Å². The van der Waals surface area contributed by atoms with Gasteiger partial charge in [-0.3, -0.25) is 14.9 Å². The summed E-state index contributed by atoms with van der Waals surface area (Å²) in [5.74, 6) is 0.258. The van der Waals surface area contributed by atoms with E-state index in [2.05, 4.69) is 25.7 Å². The SMILES string of the molecule is CCN(CCC(=O)OC)c1ncc([N+](=O)[O-])cc1Br. The van der Waals surface area contributed by atoms with E-state index in [0.717, 1.165) is 0 Å². The van der Waals surface area contributed by atoms with E-state index in [1.807, 2.05) is 11.8 Å².